The smallest absolute Gasteiger partial charge is 0.340 e. The number of nitrogens with zero attached hydrogens (tertiary/aromatic N) is 2. The minimum Gasteiger partial charge on any atom is -0.487 e. The van der Waals surface area contributed by atoms with E-state index in [1.54, 1.807) is 11.8 Å². The lowest BCUT2D eigenvalue weighted by molar-refractivity contribution is -0.148. The van der Waals surface area contributed by atoms with Crippen LogP contribution in [0.1, 0.15) is 0 Å². The van der Waals surface area contributed by atoms with Crippen molar-refractivity contribution in [1.29, 1.82) is 0 Å². The second kappa shape index (κ2) is 6.91. The molecule has 0 fully saturated rings. The van der Waals surface area contributed by atoms with Gasteiger partial charge in [0.15, 0.2) is 12.4 Å². The lowest BCUT2D eigenvalue weighted by atomic mass is 10.3. The maximum absolute atomic E-state index is 13.0. The van der Waals surface area contributed by atoms with Crippen molar-refractivity contribution in [3.8, 4) is 17.3 Å². The summed E-state index contributed by atoms with van der Waals surface area (Å²) in [6.45, 7) is -1.41. The van der Waals surface area contributed by atoms with E-state index < -0.39 is 19.0 Å². The minimum atomic E-state index is -4.21. The van der Waals surface area contributed by atoms with Crippen molar-refractivity contribution in [2.45, 2.75) is 17.2 Å². The number of aromatic amines is 1. The zero-order valence-corrected chi connectivity index (χ0v) is 13.8. The highest BCUT2D eigenvalue weighted by molar-refractivity contribution is 7.98. The number of fused-ring (bicyclic) bond motifs is 1. The quantitative estimate of drug-likeness (QED) is 0.507. The summed E-state index contributed by atoms with van der Waals surface area (Å²) in [5.74, 6) is -3.77. The topological polar surface area (TPSA) is 50.8 Å². The number of rotatable bonds is 6. The molecule has 2 aromatic heterocycles. The van der Waals surface area contributed by atoms with Gasteiger partial charge in [0.2, 0.25) is 0 Å². The van der Waals surface area contributed by atoms with Crippen LogP contribution in [0.4, 0.5) is 17.6 Å². The lowest BCUT2D eigenvalue weighted by Gasteiger charge is -2.15. The number of halogens is 4. The van der Waals surface area contributed by atoms with Crippen LogP contribution in [0, 0.1) is 0 Å². The van der Waals surface area contributed by atoms with Crippen LogP contribution in [0.2, 0.25) is 0 Å². The van der Waals surface area contributed by atoms with E-state index in [1.807, 2.05) is 24.5 Å². The van der Waals surface area contributed by atoms with Crippen LogP contribution in [0.15, 0.2) is 41.4 Å². The largest absolute Gasteiger partial charge is 0.487 e. The molecule has 0 aliphatic carbocycles. The maximum atomic E-state index is 13.0. The summed E-state index contributed by atoms with van der Waals surface area (Å²) in [7, 11) is 0. The predicted octanol–water partition coefficient (Wildman–Crippen LogP) is 4.63. The van der Waals surface area contributed by atoms with Gasteiger partial charge in [0.25, 0.3) is 0 Å². The Morgan fingerprint density at radius 1 is 1.28 bits per heavy atom. The molecule has 3 rings (SSSR count). The van der Waals surface area contributed by atoms with Gasteiger partial charge in [-0.1, -0.05) is 6.07 Å². The van der Waals surface area contributed by atoms with Gasteiger partial charge >= 0.3 is 12.3 Å². The van der Waals surface area contributed by atoms with Gasteiger partial charge in [-0.05, 0) is 24.5 Å². The van der Waals surface area contributed by atoms with Crippen molar-refractivity contribution in [1.82, 2.24) is 15.0 Å². The van der Waals surface area contributed by atoms with E-state index in [0.717, 1.165) is 15.9 Å². The maximum Gasteiger partial charge on any atom is 0.340 e. The molecule has 0 unspecified atom stereocenters. The standard InChI is InChI=1S/C16H13F4N3OS/c1-25-12-4-2-3-10-13(12)23-14(22-10)11-7-9(5-6-21-11)24-8-16(19,20)15(17)18/h2-7,15H,8H2,1H3,(H,22,23). The number of hydrogen-bond donors (Lipinski definition) is 1. The first kappa shape index (κ1) is 17.5. The molecule has 3 aromatic rings. The molecule has 132 valence electrons. The summed E-state index contributed by atoms with van der Waals surface area (Å²) in [6, 6.07) is 8.36. The third-order valence-electron chi connectivity index (χ3n) is 3.42. The molecule has 0 bridgehead atoms. The van der Waals surface area contributed by atoms with Crippen LogP contribution in [0.3, 0.4) is 0 Å². The van der Waals surface area contributed by atoms with Crippen LogP contribution in [-0.2, 0) is 0 Å². The number of ether oxygens (including phenoxy) is 1. The second-order valence-corrected chi connectivity index (χ2v) is 6.02. The highest BCUT2D eigenvalue weighted by Gasteiger charge is 2.41. The summed E-state index contributed by atoms with van der Waals surface area (Å²) in [5, 5.41) is 0. The molecule has 9 heteroatoms. The molecular weight excluding hydrogens is 358 g/mol. The fraction of sp³-hybridized carbons (Fsp3) is 0.250. The zero-order chi connectivity index (χ0) is 18.0. The van der Waals surface area contributed by atoms with Gasteiger partial charge in [-0.3, -0.25) is 4.98 Å². The molecule has 2 heterocycles. The van der Waals surface area contributed by atoms with Gasteiger partial charge in [-0.15, -0.1) is 11.8 Å². The molecular formula is C16H13F4N3OS. The molecule has 0 saturated heterocycles. The van der Waals surface area contributed by atoms with E-state index in [0.29, 0.717) is 11.5 Å². The number of pyridine rings is 1. The van der Waals surface area contributed by atoms with Crippen molar-refractivity contribution in [3.05, 3.63) is 36.5 Å². The number of hydrogen-bond acceptors (Lipinski definition) is 4. The third-order valence-corrected chi connectivity index (χ3v) is 4.19. The van der Waals surface area contributed by atoms with Crippen LogP contribution >= 0.6 is 11.8 Å². The SMILES string of the molecule is CSc1cccc2[nH]c(-c3cc(OCC(F)(F)C(F)F)ccn3)nc12. The van der Waals surface area contributed by atoms with Crippen molar-refractivity contribution in [2.75, 3.05) is 12.9 Å². The van der Waals surface area contributed by atoms with Crippen molar-refractivity contribution in [2.24, 2.45) is 0 Å². The summed E-state index contributed by atoms with van der Waals surface area (Å²) in [4.78, 5) is 12.7. The third kappa shape index (κ3) is 3.71. The fourth-order valence-corrected chi connectivity index (χ4v) is 2.73. The Bertz CT molecular complexity index is 885. The number of benzene rings is 1. The van der Waals surface area contributed by atoms with Crippen molar-refractivity contribution in [3.63, 3.8) is 0 Å². The monoisotopic (exact) mass is 371 g/mol. The van der Waals surface area contributed by atoms with Crippen LogP contribution in [0.25, 0.3) is 22.6 Å². The minimum absolute atomic E-state index is 0.0101. The normalized spacial score (nSPS) is 12.1. The predicted molar refractivity (Wildman–Crippen MR) is 87.6 cm³/mol. The Morgan fingerprint density at radius 3 is 2.80 bits per heavy atom. The molecule has 0 saturated carbocycles. The number of imidazole rings is 1. The van der Waals surface area contributed by atoms with E-state index in [2.05, 4.69) is 15.0 Å². The van der Waals surface area contributed by atoms with Gasteiger partial charge in [-0.2, -0.15) is 8.78 Å². The Kier molecular flexibility index (Phi) is 4.85. The van der Waals surface area contributed by atoms with Gasteiger partial charge < -0.3 is 9.72 Å². The lowest BCUT2D eigenvalue weighted by Crippen LogP contribution is -2.33. The van der Waals surface area contributed by atoms with E-state index >= 15 is 0 Å². The number of para-hydroxylation sites is 1. The van der Waals surface area contributed by atoms with Gasteiger partial charge in [0.05, 0.1) is 5.52 Å². The van der Waals surface area contributed by atoms with Crippen LogP contribution in [0.5, 0.6) is 5.75 Å². The number of aromatic nitrogens is 3. The highest BCUT2D eigenvalue weighted by atomic mass is 32.2. The molecule has 0 aliphatic heterocycles. The number of nitrogens with one attached hydrogen (secondary N) is 1. The Hall–Kier alpha value is -2.29. The molecule has 25 heavy (non-hydrogen) atoms. The van der Waals surface area contributed by atoms with Crippen molar-refractivity contribution < 1.29 is 22.3 Å². The number of thioether (sulfide) groups is 1. The first-order valence-electron chi connectivity index (χ1n) is 7.18. The Morgan fingerprint density at radius 2 is 2.08 bits per heavy atom. The summed E-state index contributed by atoms with van der Waals surface area (Å²) in [6.07, 6.45) is -0.512. The summed E-state index contributed by atoms with van der Waals surface area (Å²) >= 11 is 1.54. The molecule has 0 atom stereocenters. The molecule has 0 radical (unpaired) electrons. The van der Waals surface area contributed by atoms with Gasteiger partial charge in [0.1, 0.15) is 17.0 Å². The molecule has 0 amide bonds. The first-order valence-corrected chi connectivity index (χ1v) is 8.41. The molecule has 1 N–H and O–H groups in total. The van der Waals surface area contributed by atoms with Crippen LogP contribution in [-0.4, -0.2) is 40.2 Å². The summed E-state index contributed by atoms with van der Waals surface area (Å²) < 4.78 is 55.1. The zero-order valence-electron chi connectivity index (χ0n) is 13.0. The Balaban J connectivity index is 1.87. The molecule has 1 aromatic carbocycles. The van der Waals surface area contributed by atoms with Crippen molar-refractivity contribution >= 4 is 22.8 Å². The first-order chi connectivity index (χ1) is 11.9. The van der Waals surface area contributed by atoms with Crippen LogP contribution < -0.4 is 4.74 Å². The van der Waals surface area contributed by atoms with E-state index in [-0.39, 0.29) is 5.75 Å². The fourth-order valence-electron chi connectivity index (χ4n) is 2.16. The van der Waals surface area contributed by atoms with Gasteiger partial charge in [0, 0.05) is 17.2 Å². The molecule has 0 spiro atoms. The summed E-state index contributed by atoms with van der Waals surface area (Å²) in [5.41, 5.74) is 1.93. The highest BCUT2D eigenvalue weighted by Crippen LogP contribution is 2.29. The average molecular weight is 371 g/mol. The molecule has 0 aliphatic rings. The van der Waals surface area contributed by atoms with E-state index in [1.165, 1.54) is 18.3 Å². The number of H-pyrrole nitrogens is 1. The van der Waals surface area contributed by atoms with E-state index in [4.69, 9.17) is 4.74 Å². The van der Waals surface area contributed by atoms with E-state index in [9.17, 15) is 17.6 Å². The second-order valence-electron chi connectivity index (χ2n) is 5.17. The molecule has 4 nitrogen and oxygen atoms in total. The average Bonchev–Trinajstić information content (AvgIpc) is 3.04. The number of alkyl halides is 4. The van der Waals surface area contributed by atoms with Gasteiger partial charge in [-0.25, -0.2) is 13.8 Å². The Labute approximate surface area is 144 Å².